The second-order valence-electron chi connectivity index (χ2n) is 6.28. The summed E-state index contributed by atoms with van der Waals surface area (Å²) in [6, 6.07) is 2.49. The standard InChI is InChI=1S/C16H25N3O2/c17-11-14-6-7-16(21-14)15(20)10-12-8-9-19(18-12)13-4-2-1-3-5-13/h8-9,13-14,16H,1-7,10-11,17H2. The molecule has 0 radical (unpaired) electrons. The van der Waals surface area contributed by atoms with E-state index in [9.17, 15) is 4.79 Å². The van der Waals surface area contributed by atoms with Gasteiger partial charge in [0.05, 0.1) is 24.3 Å². The maximum Gasteiger partial charge on any atom is 0.167 e. The third kappa shape index (κ3) is 3.52. The number of hydrogen-bond acceptors (Lipinski definition) is 4. The average Bonchev–Trinajstić information content (AvgIpc) is 3.17. The van der Waals surface area contributed by atoms with Crippen molar-refractivity contribution in [3.63, 3.8) is 0 Å². The molecule has 0 aromatic carbocycles. The predicted octanol–water partition coefficient (Wildman–Crippen LogP) is 2.01. The zero-order valence-electron chi connectivity index (χ0n) is 12.5. The highest BCUT2D eigenvalue weighted by Crippen LogP contribution is 2.27. The van der Waals surface area contributed by atoms with Gasteiger partial charge in [0.15, 0.2) is 5.78 Å². The maximum atomic E-state index is 12.2. The highest BCUT2D eigenvalue weighted by atomic mass is 16.5. The van der Waals surface area contributed by atoms with Gasteiger partial charge in [-0.05, 0) is 31.7 Å². The van der Waals surface area contributed by atoms with E-state index < -0.39 is 0 Å². The van der Waals surface area contributed by atoms with Gasteiger partial charge in [-0.15, -0.1) is 0 Å². The summed E-state index contributed by atoms with van der Waals surface area (Å²) in [7, 11) is 0. The summed E-state index contributed by atoms with van der Waals surface area (Å²) in [4.78, 5) is 12.2. The lowest BCUT2D eigenvalue weighted by molar-refractivity contribution is -0.129. The van der Waals surface area contributed by atoms with Crippen molar-refractivity contribution in [2.45, 2.75) is 69.6 Å². The Bertz CT molecular complexity index is 480. The Morgan fingerprint density at radius 3 is 2.81 bits per heavy atom. The van der Waals surface area contributed by atoms with E-state index in [0.29, 0.717) is 19.0 Å². The van der Waals surface area contributed by atoms with Crippen LogP contribution in [0, 0.1) is 0 Å². The summed E-state index contributed by atoms with van der Waals surface area (Å²) in [5.74, 6) is 0.139. The number of hydrogen-bond donors (Lipinski definition) is 1. The molecule has 1 aliphatic heterocycles. The molecule has 116 valence electrons. The minimum Gasteiger partial charge on any atom is -0.366 e. The molecular weight excluding hydrogens is 266 g/mol. The molecule has 1 aromatic rings. The number of nitrogens with zero attached hydrogens (tertiary/aromatic N) is 2. The van der Waals surface area contributed by atoms with Crippen molar-refractivity contribution in [2.24, 2.45) is 5.73 Å². The minimum atomic E-state index is -0.279. The fourth-order valence-electron chi connectivity index (χ4n) is 3.43. The Morgan fingerprint density at radius 2 is 2.10 bits per heavy atom. The Hall–Kier alpha value is -1.20. The second-order valence-corrected chi connectivity index (χ2v) is 6.28. The van der Waals surface area contributed by atoms with E-state index in [1.54, 1.807) is 0 Å². The lowest BCUT2D eigenvalue weighted by Crippen LogP contribution is -2.26. The Morgan fingerprint density at radius 1 is 1.29 bits per heavy atom. The van der Waals surface area contributed by atoms with Crippen LogP contribution in [-0.2, 0) is 16.0 Å². The summed E-state index contributed by atoms with van der Waals surface area (Å²) in [5, 5.41) is 4.60. The molecule has 1 aromatic heterocycles. The van der Waals surface area contributed by atoms with E-state index >= 15 is 0 Å². The molecule has 1 saturated carbocycles. The van der Waals surface area contributed by atoms with Gasteiger partial charge in [0.25, 0.3) is 0 Å². The van der Waals surface area contributed by atoms with E-state index in [1.807, 2.05) is 12.3 Å². The monoisotopic (exact) mass is 291 g/mol. The van der Waals surface area contributed by atoms with Crippen LogP contribution in [0.15, 0.2) is 12.3 Å². The van der Waals surface area contributed by atoms with Crippen LogP contribution in [0.1, 0.15) is 56.7 Å². The van der Waals surface area contributed by atoms with Crippen LogP contribution in [0.2, 0.25) is 0 Å². The molecule has 0 bridgehead atoms. The van der Waals surface area contributed by atoms with Gasteiger partial charge in [-0.2, -0.15) is 5.10 Å². The molecule has 0 spiro atoms. The van der Waals surface area contributed by atoms with Crippen LogP contribution in [0.5, 0.6) is 0 Å². The molecule has 2 heterocycles. The molecule has 5 heteroatoms. The van der Waals surface area contributed by atoms with Gasteiger partial charge >= 0.3 is 0 Å². The molecule has 2 fully saturated rings. The number of ether oxygens (including phenoxy) is 1. The highest BCUT2D eigenvalue weighted by molar-refractivity contribution is 5.85. The van der Waals surface area contributed by atoms with Gasteiger partial charge in [0, 0.05) is 12.7 Å². The molecule has 1 saturated heterocycles. The van der Waals surface area contributed by atoms with E-state index in [1.165, 1.54) is 32.1 Å². The third-order valence-electron chi connectivity index (χ3n) is 4.70. The summed E-state index contributed by atoms with van der Waals surface area (Å²) in [6.45, 7) is 0.500. The number of aromatic nitrogens is 2. The zero-order chi connectivity index (χ0) is 14.7. The molecule has 5 nitrogen and oxygen atoms in total. The van der Waals surface area contributed by atoms with Crippen molar-refractivity contribution in [3.05, 3.63) is 18.0 Å². The van der Waals surface area contributed by atoms with Crippen molar-refractivity contribution in [1.29, 1.82) is 0 Å². The van der Waals surface area contributed by atoms with E-state index in [4.69, 9.17) is 10.5 Å². The van der Waals surface area contributed by atoms with Crippen LogP contribution >= 0.6 is 0 Å². The van der Waals surface area contributed by atoms with Crippen molar-refractivity contribution in [1.82, 2.24) is 9.78 Å². The molecular formula is C16H25N3O2. The first-order chi connectivity index (χ1) is 10.3. The van der Waals surface area contributed by atoms with Crippen molar-refractivity contribution < 1.29 is 9.53 Å². The van der Waals surface area contributed by atoms with Gasteiger partial charge in [-0.1, -0.05) is 19.3 Å². The largest absolute Gasteiger partial charge is 0.366 e. The third-order valence-corrected chi connectivity index (χ3v) is 4.70. The fraction of sp³-hybridized carbons (Fsp3) is 0.750. The number of Topliss-reactive ketones (excluding diaryl/α,β-unsaturated/α-hetero) is 1. The quantitative estimate of drug-likeness (QED) is 0.901. The number of nitrogens with two attached hydrogens (primary N) is 1. The summed E-state index contributed by atoms with van der Waals surface area (Å²) in [5.41, 5.74) is 6.45. The van der Waals surface area contributed by atoms with Crippen molar-refractivity contribution in [2.75, 3.05) is 6.54 Å². The second kappa shape index (κ2) is 6.71. The molecule has 3 rings (SSSR count). The molecule has 2 atom stereocenters. The van der Waals surface area contributed by atoms with Crippen LogP contribution in [0.25, 0.3) is 0 Å². The summed E-state index contributed by atoms with van der Waals surface area (Å²) < 4.78 is 7.71. The van der Waals surface area contributed by atoms with Crippen LogP contribution in [0.3, 0.4) is 0 Å². The van der Waals surface area contributed by atoms with Crippen molar-refractivity contribution in [3.8, 4) is 0 Å². The van der Waals surface area contributed by atoms with E-state index in [0.717, 1.165) is 18.5 Å². The first-order valence-electron chi connectivity index (χ1n) is 8.18. The van der Waals surface area contributed by atoms with Crippen LogP contribution < -0.4 is 5.73 Å². The highest BCUT2D eigenvalue weighted by Gasteiger charge is 2.30. The Labute approximate surface area is 125 Å². The number of ketones is 1. The number of rotatable bonds is 5. The lowest BCUT2D eigenvalue weighted by Gasteiger charge is -2.21. The van der Waals surface area contributed by atoms with Gasteiger partial charge in [-0.25, -0.2) is 0 Å². The predicted molar refractivity (Wildman–Crippen MR) is 80.0 cm³/mol. The molecule has 0 amide bonds. The normalized spacial score (nSPS) is 27.1. The molecule has 2 N–H and O–H groups in total. The Balaban J connectivity index is 1.55. The zero-order valence-corrected chi connectivity index (χ0v) is 12.5. The van der Waals surface area contributed by atoms with Crippen LogP contribution in [-0.4, -0.2) is 34.3 Å². The summed E-state index contributed by atoms with van der Waals surface area (Å²) in [6.07, 6.45) is 10.2. The maximum absolute atomic E-state index is 12.2. The molecule has 2 unspecified atom stereocenters. The smallest absolute Gasteiger partial charge is 0.167 e. The van der Waals surface area contributed by atoms with Gasteiger partial charge in [0.2, 0.25) is 0 Å². The van der Waals surface area contributed by atoms with Crippen molar-refractivity contribution >= 4 is 5.78 Å². The van der Waals surface area contributed by atoms with E-state index in [-0.39, 0.29) is 18.0 Å². The molecule has 2 aliphatic rings. The first-order valence-corrected chi connectivity index (χ1v) is 8.18. The van der Waals surface area contributed by atoms with Gasteiger partial charge in [0.1, 0.15) is 6.10 Å². The Kier molecular flexibility index (Phi) is 4.70. The number of carbonyl (C=O) groups excluding carboxylic acids is 1. The van der Waals surface area contributed by atoms with Crippen LogP contribution in [0.4, 0.5) is 0 Å². The lowest BCUT2D eigenvalue weighted by atomic mass is 9.96. The number of carbonyl (C=O) groups is 1. The van der Waals surface area contributed by atoms with Gasteiger partial charge in [-0.3, -0.25) is 9.48 Å². The van der Waals surface area contributed by atoms with E-state index in [2.05, 4.69) is 9.78 Å². The average molecular weight is 291 g/mol. The molecule has 21 heavy (non-hydrogen) atoms. The topological polar surface area (TPSA) is 70.1 Å². The molecule has 1 aliphatic carbocycles. The summed E-state index contributed by atoms with van der Waals surface area (Å²) >= 11 is 0. The SMILES string of the molecule is NCC1CCC(C(=O)Cc2ccn(C3CCCCC3)n2)O1. The van der Waals surface area contributed by atoms with Gasteiger partial charge < -0.3 is 10.5 Å². The first kappa shape index (κ1) is 14.7. The minimum absolute atomic E-state index is 0.0544. The fourth-order valence-corrected chi connectivity index (χ4v) is 3.43.